The molecule has 2 bridgehead atoms. The van der Waals surface area contributed by atoms with E-state index in [9.17, 15) is 9.59 Å². The van der Waals surface area contributed by atoms with E-state index in [2.05, 4.69) is 20.6 Å². The number of fused-ring (bicyclic) bond motifs is 4. The predicted molar refractivity (Wildman–Crippen MR) is 131 cm³/mol. The summed E-state index contributed by atoms with van der Waals surface area (Å²) < 4.78 is 19.3. The van der Waals surface area contributed by atoms with E-state index in [4.69, 9.17) is 14.2 Å². The fraction of sp³-hybridized carbons (Fsp3) is 0.423. The number of amides is 2. The highest BCUT2D eigenvalue weighted by atomic mass is 16.5. The fourth-order valence-corrected chi connectivity index (χ4v) is 4.40. The van der Waals surface area contributed by atoms with Crippen molar-refractivity contribution in [2.75, 3.05) is 26.3 Å². The maximum absolute atomic E-state index is 13.1. The Kier molecular flexibility index (Phi) is 8.02. The van der Waals surface area contributed by atoms with Gasteiger partial charge in [-0.25, -0.2) is 9.67 Å². The van der Waals surface area contributed by atoms with Crippen molar-refractivity contribution in [2.45, 2.75) is 44.7 Å². The maximum atomic E-state index is 13.1. The number of carbonyl (C=O) groups is 2. The van der Waals surface area contributed by atoms with Gasteiger partial charge < -0.3 is 24.4 Å². The van der Waals surface area contributed by atoms with Gasteiger partial charge in [0.05, 0.1) is 38.1 Å². The number of pyridine rings is 1. The molecule has 0 unspecified atom stereocenters. The number of likely N-dealkylation sites (tertiary alicyclic amines) is 1. The van der Waals surface area contributed by atoms with Gasteiger partial charge in [-0.3, -0.25) is 9.59 Å². The monoisotopic (exact) mass is 506 g/mol. The van der Waals surface area contributed by atoms with Gasteiger partial charge in [0.2, 0.25) is 5.91 Å². The number of nitrogens with zero attached hydrogens (tertiary/aromatic N) is 5. The number of hydrogen-bond acceptors (Lipinski definition) is 8. The number of nitrogens with one attached hydrogen (secondary N) is 1. The van der Waals surface area contributed by atoms with Crippen molar-refractivity contribution in [3.05, 3.63) is 71.8 Å². The summed E-state index contributed by atoms with van der Waals surface area (Å²) in [5.41, 5.74) is 1.96. The average molecular weight is 507 g/mol. The molecule has 2 aromatic heterocycles. The molecule has 2 aliphatic rings. The van der Waals surface area contributed by atoms with Crippen molar-refractivity contribution in [1.82, 2.24) is 30.2 Å². The molecule has 5 rings (SSSR count). The van der Waals surface area contributed by atoms with Crippen LogP contribution < -0.4 is 10.1 Å². The Balaban J connectivity index is 1.21. The van der Waals surface area contributed by atoms with Crippen LogP contribution in [0.1, 0.15) is 34.6 Å². The SMILES string of the molecule is O=C1N[C@H]2CN(C(=O)CCCOCc3ccccc3)C[C@@H]2OCc2cn(nn2)CCOc2cccnc21. The van der Waals surface area contributed by atoms with E-state index in [1.165, 1.54) is 0 Å². The second-order valence-corrected chi connectivity index (χ2v) is 9.04. The van der Waals surface area contributed by atoms with Gasteiger partial charge in [-0.15, -0.1) is 5.10 Å². The lowest BCUT2D eigenvalue weighted by molar-refractivity contribution is -0.131. The highest BCUT2D eigenvalue weighted by molar-refractivity contribution is 5.95. The van der Waals surface area contributed by atoms with Gasteiger partial charge in [0.1, 0.15) is 12.3 Å². The molecule has 2 aliphatic heterocycles. The highest BCUT2D eigenvalue weighted by Crippen LogP contribution is 2.20. The van der Waals surface area contributed by atoms with Crippen molar-refractivity contribution in [3.8, 4) is 5.75 Å². The van der Waals surface area contributed by atoms with Crippen LogP contribution in [0.3, 0.4) is 0 Å². The first-order chi connectivity index (χ1) is 18.2. The molecule has 1 N–H and O–H groups in total. The van der Waals surface area contributed by atoms with E-state index in [0.717, 1.165) is 5.56 Å². The molecule has 11 nitrogen and oxygen atoms in total. The Morgan fingerprint density at radius 3 is 2.95 bits per heavy atom. The van der Waals surface area contributed by atoms with E-state index >= 15 is 0 Å². The van der Waals surface area contributed by atoms with Gasteiger partial charge in [0.15, 0.2) is 11.4 Å². The topological polar surface area (TPSA) is 121 Å². The zero-order chi connectivity index (χ0) is 25.5. The minimum Gasteiger partial charge on any atom is -0.489 e. The normalized spacial score (nSPS) is 19.8. The number of rotatable bonds is 6. The molecule has 0 saturated carbocycles. The summed E-state index contributed by atoms with van der Waals surface area (Å²) in [7, 11) is 0. The Bertz CT molecular complexity index is 1200. The second-order valence-electron chi connectivity index (χ2n) is 9.04. The third kappa shape index (κ3) is 6.49. The molecule has 37 heavy (non-hydrogen) atoms. The largest absolute Gasteiger partial charge is 0.489 e. The lowest BCUT2D eigenvalue weighted by atomic mass is 10.2. The first kappa shape index (κ1) is 24.8. The van der Waals surface area contributed by atoms with Gasteiger partial charge in [0, 0.05) is 32.3 Å². The van der Waals surface area contributed by atoms with Crippen LogP contribution in [0.5, 0.6) is 5.75 Å². The van der Waals surface area contributed by atoms with E-state index in [1.807, 2.05) is 30.3 Å². The van der Waals surface area contributed by atoms with E-state index in [-0.39, 0.29) is 24.1 Å². The zero-order valence-electron chi connectivity index (χ0n) is 20.5. The van der Waals surface area contributed by atoms with Crippen LogP contribution in [0, 0.1) is 0 Å². The van der Waals surface area contributed by atoms with E-state index in [1.54, 1.807) is 34.1 Å². The quantitative estimate of drug-likeness (QED) is 0.501. The van der Waals surface area contributed by atoms with Gasteiger partial charge in [-0.2, -0.15) is 0 Å². The number of aromatic nitrogens is 4. The van der Waals surface area contributed by atoms with Crippen molar-refractivity contribution >= 4 is 11.8 Å². The Morgan fingerprint density at radius 1 is 1.16 bits per heavy atom. The van der Waals surface area contributed by atoms with Crippen LogP contribution >= 0.6 is 0 Å². The molecule has 4 heterocycles. The number of benzene rings is 1. The van der Waals surface area contributed by atoms with Gasteiger partial charge in [-0.1, -0.05) is 35.5 Å². The predicted octanol–water partition coefficient (Wildman–Crippen LogP) is 1.59. The molecule has 2 atom stereocenters. The first-order valence-electron chi connectivity index (χ1n) is 12.4. The van der Waals surface area contributed by atoms with Gasteiger partial charge in [0.25, 0.3) is 5.91 Å². The van der Waals surface area contributed by atoms with Crippen LogP contribution in [0.4, 0.5) is 0 Å². The summed E-state index contributed by atoms with van der Waals surface area (Å²) in [6.45, 7) is 2.72. The van der Waals surface area contributed by atoms with Crippen LogP contribution in [-0.4, -0.2) is 75.1 Å². The minimum absolute atomic E-state index is 0.000575. The van der Waals surface area contributed by atoms with Crippen LogP contribution in [0.25, 0.3) is 0 Å². The third-order valence-electron chi connectivity index (χ3n) is 6.32. The Hall–Kier alpha value is -3.83. The Morgan fingerprint density at radius 2 is 2.05 bits per heavy atom. The number of carbonyl (C=O) groups excluding carboxylic acids is 2. The molecule has 1 saturated heterocycles. The summed E-state index contributed by atoms with van der Waals surface area (Å²) in [5, 5.41) is 11.3. The average Bonchev–Trinajstić information content (AvgIpc) is 3.54. The first-order valence-corrected chi connectivity index (χ1v) is 12.4. The van der Waals surface area contributed by atoms with Crippen molar-refractivity contribution < 1.29 is 23.8 Å². The van der Waals surface area contributed by atoms with E-state index in [0.29, 0.717) is 63.7 Å². The zero-order valence-corrected chi connectivity index (χ0v) is 20.5. The molecular formula is C26H30N6O5. The van der Waals surface area contributed by atoms with Gasteiger partial charge in [-0.05, 0) is 24.1 Å². The molecular weight excluding hydrogens is 476 g/mol. The van der Waals surface area contributed by atoms with Crippen molar-refractivity contribution in [1.29, 1.82) is 0 Å². The number of ether oxygens (including phenoxy) is 3. The van der Waals surface area contributed by atoms with E-state index < -0.39 is 12.1 Å². The summed E-state index contributed by atoms with van der Waals surface area (Å²) >= 11 is 0. The van der Waals surface area contributed by atoms with Crippen LogP contribution in [0.15, 0.2) is 54.9 Å². The maximum Gasteiger partial charge on any atom is 0.274 e. The molecule has 1 aromatic carbocycles. The van der Waals surface area contributed by atoms with Crippen LogP contribution in [-0.2, 0) is 34.0 Å². The molecule has 194 valence electrons. The lowest BCUT2D eigenvalue weighted by Gasteiger charge is -2.20. The smallest absolute Gasteiger partial charge is 0.274 e. The highest BCUT2D eigenvalue weighted by Gasteiger charge is 2.37. The standard InChI is InChI=1S/C26H30N6O5/c33-24(9-5-12-35-17-19-6-2-1-3-7-19)31-15-21-23(16-31)37-18-20-14-32(30-29-20)11-13-36-22-8-4-10-27-25(22)26(34)28-21/h1-4,6-8,10,14,21,23H,5,9,11-13,15-18H2,(H,28,34)/t21-,23-/m0/s1. The lowest BCUT2D eigenvalue weighted by Crippen LogP contribution is -2.44. The molecule has 3 aromatic rings. The minimum atomic E-state index is -0.404. The molecule has 0 aliphatic carbocycles. The molecule has 0 radical (unpaired) electrons. The Labute approximate surface area is 214 Å². The van der Waals surface area contributed by atoms with Crippen molar-refractivity contribution in [2.24, 2.45) is 0 Å². The van der Waals surface area contributed by atoms with Crippen molar-refractivity contribution in [3.63, 3.8) is 0 Å². The summed E-state index contributed by atoms with van der Waals surface area (Å²) in [6, 6.07) is 12.9. The summed E-state index contributed by atoms with van der Waals surface area (Å²) in [5.74, 6) is 0.0161. The fourth-order valence-electron chi connectivity index (χ4n) is 4.40. The van der Waals surface area contributed by atoms with Gasteiger partial charge >= 0.3 is 0 Å². The second kappa shape index (κ2) is 11.9. The van der Waals surface area contributed by atoms with Crippen LogP contribution in [0.2, 0.25) is 0 Å². The molecule has 1 fully saturated rings. The molecule has 2 amide bonds. The number of hydrogen-bond donors (Lipinski definition) is 1. The molecule has 11 heteroatoms. The molecule has 0 spiro atoms. The summed E-state index contributed by atoms with van der Waals surface area (Å²) in [4.78, 5) is 32.0. The summed E-state index contributed by atoms with van der Waals surface area (Å²) in [6.07, 6.45) is 3.92. The third-order valence-corrected chi connectivity index (χ3v) is 6.32.